The first-order valence-electron chi connectivity index (χ1n) is 21.1. The molecule has 2 aliphatic rings. The second kappa shape index (κ2) is 20.9. The summed E-state index contributed by atoms with van der Waals surface area (Å²) in [6.45, 7) is 3.09. The molecule has 5 heterocycles. The maximum atomic E-state index is 12.9. The molecule has 3 aromatic heterocycles. The van der Waals surface area contributed by atoms with Crippen LogP contribution in [0.5, 0.6) is 0 Å². The lowest BCUT2D eigenvalue weighted by Crippen LogP contribution is -2.25. The number of aryl methyl sites for hydroxylation is 1. The molecule has 326 valence electrons. The molecule has 2 amide bonds. The number of pyridine rings is 2. The smallest absolute Gasteiger partial charge is 0.251 e. The highest BCUT2D eigenvalue weighted by atomic mass is 35.5. The van der Waals surface area contributed by atoms with Gasteiger partial charge in [0.25, 0.3) is 11.8 Å². The number of aromatic nitrogens is 2. The molecule has 0 saturated carbocycles. The quantitative estimate of drug-likeness (QED) is 0.141. The second-order valence-electron chi connectivity index (χ2n) is 15.3. The lowest BCUT2D eigenvalue weighted by Gasteiger charge is -2.10. The maximum absolute atomic E-state index is 12.9. The number of hydrogen-bond acceptors (Lipinski definition) is 9. The third-order valence-electron chi connectivity index (χ3n) is 10.7. The predicted molar refractivity (Wildman–Crippen MR) is 271 cm³/mol. The van der Waals surface area contributed by atoms with Gasteiger partial charge in [-0.2, -0.15) is 0 Å². The van der Waals surface area contributed by atoms with Gasteiger partial charge in [-0.15, -0.1) is 11.3 Å². The maximum Gasteiger partial charge on any atom is 0.251 e. The molecule has 0 bridgehead atoms. The molecule has 0 saturated heterocycles. The summed E-state index contributed by atoms with van der Waals surface area (Å²) in [5, 5.41) is 6.74. The second-order valence-corrected chi connectivity index (χ2v) is 19.6. The van der Waals surface area contributed by atoms with E-state index in [0.717, 1.165) is 103 Å². The van der Waals surface area contributed by atoms with Crippen LogP contribution in [0.2, 0.25) is 9.36 Å². The van der Waals surface area contributed by atoms with Crippen molar-refractivity contribution in [1.82, 2.24) is 20.6 Å². The Morgan fingerprint density at radius 2 is 1.17 bits per heavy atom. The number of rotatable bonds is 10. The van der Waals surface area contributed by atoms with E-state index in [1.54, 1.807) is 42.1 Å². The minimum absolute atomic E-state index is 0.109. The topological polar surface area (TPSA) is 109 Å². The first-order valence-corrected chi connectivity index (χ1v) is 24.3. The van der Waals surface area contributed by atoms with E-state index in [1.807, 2.05) is 122 Å². The van der Waals surface area contributed by atoms with Crippen molar-refractivity contribution in [2.45, 2.75) is 39.3 Å². The molecule has 0 spiro atoms. The van der Waals surface area contributed by atoms with Crippen LogP contribution in [-0.2, 0) is 12.8 Å². The molecule has 0 atom stereocenters. The van der Waals surface area contributed by atoms with Gasteiger partial charge >= 0.3 is 0 Å². The highest BCUT2D eigenvalue weighted by Gasteiger charge is 2.22. The Hall–Kier alpha value is -6.34. The van der Waals surface area contributed by atoms with E-state index in [2.05, 4.69) is 50.9 Å². The summed E-state index contributed by atoms with van der Waals surface area (Å²) in [5.41, 5.74) is 10.8. The van der Waals surface area contributed by atoms with Crippen molar-refractivity contribution in [2.75, 3.05) is 13.1 Å². The molecule has 8 aromatic rings. The minimum atomic E-state index is -0.112. The number of benzene rings is 5. The molecule has 2 N–H and O–H groups in total. The van der Waals surface area contributed by atoms with E-state index in [0.29, 0.717) is 24.2 Å². The van der Waals surface area contributed by atoms with Gasteiger partial charge < -0.3 is 10.6 Å². The van der Waals surface area contributed by atoms with E-state index >= 15 is 0 Å². The third-order valence-corrected chi connectivity index (χ3v) is 14.7. The fourth-order valence-electron chi connectivity index (χ4n) is 7.35. The van der Waals surface area contributed by atoms with Gasteiger partial charge in [0.15, 0.2) is 0 Å². The number of thiophene rings is 1. The molecule has 2 aliphatic heterocycles. The van der Waals surface area contributed by atoms with Crippen LogP contribution in [0.1, 0.15) is 59.0 Å². The largest absolute Gasteiger partial charge is 0.352 e. The predicted octanol–water partition coefficient (Wildman–Crippen LogP) is 13.1. The number of nitrogens with zero attached hydrogens (tertiary/aromatic N) is 4. The Morgan fingerprint density at radius 3 is 1.76 bits per heavy atom. The molecule has 5 aromatic carbocycles. The van der Waals surface area contributed by atoms with Gasteiger partial charge in [-0.05, 0) is 127 Å². The zero-order valence-electron chi connectivity index (χ0n) is 35.5. The lowest BCUT2D eigenvalue weighted by atomic mass is 10.00. The number of aliphatic imine (C=N–C) groups is 2. The highest BCUT2D eigenvalue weighted by Crippen LogP contribution is 2.44. The highest BCUT2D eigenvalue weighted by molar-refractivity contribution is 8.00. The van der Waals surface area contributed by atoms with Crippen LogP contribution in [0.15, 0.2) is 194 Å². The summed E-state index contributed by atoms with van der Waals surface area (Å²) < 4.78 is 0.721. The van der Waals surface area contributed by atoms with Crippen molar-refractivity contribution in [2.24, 2.45) is 9.98 Å². The van der Waals surface area contributed by atoms with E-state index in [1.165, 1.54) is 11.3 Å². The Morgan fingerprint density at radius 1 is 0.561 bits per heavy atom. The number of fused-ring (bicyclic) bond motifs is 4. The number of carbonyl (C=O) groups excluding carboxylic acids is 2. The van der Waals surface area contributed by atoms with Gasteiger partial charge in [0, 0.05) is 90.3 Å². The Bertz CT molecular complexity index is 3140. The number of nitrogens with one attached hydrogen (secondary N) is 2. The first kappa shape index (κ1) is 44.8. The van der Waals surface area contributed by atoms with Crippen LogP contribution in [0.3, 0.4) is 0 Å². The van der Waals surface area contributed by atoms with E-state index in [-0.39, 0.29) is 11.8 Å². The molecule has 0 aliphatic carbocycles. The molecule has 13 heteroatoms. The summed E-state index contributed by atoms with van der Waals surface area (Å²) in [7, 11) is 0. The van der Waals surface area contributed by atoms with Crippen LogP contribution in [0.4, 0.5) is 11.4 Å². The number of hydrogen-bond donors (Lipinski definition) is 2. The molecule has 0 fully saturated rings. The SMILES string of the molecule is Cc1cc(C2=Nc3cc(C(=O)NCCc4ccncc4)ccc3Sc3ccccc32)ccc1Cl.O=C(NCCc1cccnc1)c1ccc2c(c1)N=C(c1ccc(Cl)s1)c1ccccc1S2. The Kier molecular flexibility index (Phi) is 14.2. The fourth-order valence-corrected chi connectivity index (χ4v) is 10.5. The van der Waals surface area contributed by atoms with Gasteiger partial charge in [0.05, 0.1) is 32.0 Å². The van der Waals surface area contributed by atoms with Crippen molar-refractivity contribution >= 4 is 92.7 Å². The lowest BCUT2D eigenvalue weighted by molar-refractivity contribution is 0.0946. The molecule has 0 radical (unpaired) electrons. The van der Waals surface area contributed by atoms with Gasteiger partial charge in [-0.3, -0.25) is 19.6 Å². The third kappa shape index (κ3) is 10.7. The van der Waals surface area contributed by atoms with Crippen LogP contribution in [0.25, 0.3) is 0 Å². The van der Waals surface area contributed by atoms with Crippen molar-refractivity contribution < 1.29 is 9.59 Å². The molecule has 10 rings (SSSR count). The van der Waals surface area contributed by atoms with Gasteiger partial charge in [0.1, 0.15) is 0 Å². The molecular weight excluding hydrogens is 920 g/mol. The normalized spacial score (nSPS) is 12.3. The molecule has 0 unspecified atom stereocenters. The minimum Gasteiger partial charge on any atom is -0.352 e. The Labute approximate surface area is 405 Å². The summed E-state index contributed by atoms with van der Waals surface area (Å²) in [5.74, 6) is -0.220. The van der Waals surface area contributed by atoms with Gasteiger partial charge in [0.2, 0.25) is 0 Å². The average molecular weight is 960 g/mol. The average Bonchev–Trinajstić information content (AvgIpc) is 3.61. The van der Waals surface area contributed by atoms with Gasteiger partial charge in [-0.1, -0.05) is 95.3 Å². The summed E-state index contributed by atoms with van der Waals surface area (Å²) in [6.07, 6.45) is 8.57. The first-order chi connectivity index (χ1) is 32.3. The monoisotopic (exact) mass is 958 g/mol. The Balaban J connectivity index is 0.000000166. The van der Waals surface area contributed by atoms with E-state index < -0.39 is 0 Å². The van der Waals surface area contributed by atoms with E-state index in [4.69, 9.17) is 33.2 Å². The molecule has 66 heavy (non-hydrogen) atoms. The van der Waals surface area contributed by atoms with Crippen molar-refractivity contribution in [3.63, 3.8) is 0 Å². The number of halogens is 2. The van der Waals surface area contributed by atoms with Crippen LogP contribution in [-0.4, -0.2) is 46.3 Å². The van der Waals surface area contributed by atoms with Crippen LogP contribution < -0.4 is 10.6 Å². The van der Waals surface area contributed by atoms with Crippen molar-refractivity contribution in [3.8, 4) is 0 Å². The van der Waals surface area contributed by atoms with Crippen LogP contribution in [0, 0.1) is 6.92 Å². The van der Waals surface area contributed by atoms with Gasteiger partial charge in [-0.25, -0.2) is 9.98 Å². The van der Waals surface area contributed by atoms with Crippen LogP contribution >= 0.6 is 58.1 Å². The number of carbonyl (C=O) groups is 2. The van der Waals surface area contributed by atoms with Crippen molar-refractivity contribution in [1.29, 1.82) is 0 Å². The molecular formula is C53H40Cl2N6O2S3. The standard InChI is InChI=1S/C28H22ClN3OS.C25H18ClN3OS2/c1-18-16-20(6-8-23(18)29)27-22-4-2-3-5-25(22)34-26-9-7-21(17-24(26)32-27)28(33)31-15-12-19-10-13-30-14-11-19;26-23-10-9-22(32-23)24-18-5-1-2-6-20(18)31-21-8-7-17(14-19(21)29-24)25(30)28-13-11-16-4-3-12-27-15-16/h2-11,13-14,16-17H,12,15H2,1H3,(H,31,33);1-10,12,14-15H,11,13H2,(H,28,30). The fraction of sp³-hybridized carbons (Fsp3) is 0.0943. The summed E-state index contributed by atoms with van der Waals surface area (Å²) in [6, 6.07) is 45.5. The van der Waals surface area contributed by atoms with E-state index in [9.17, 15) is 9.59 Å². The molecule has 8 nitrogen and oxygen atoms in total. The summed E-state index contributed by atoms with van der Waals surface area (Å²) in [4.78, 5) is 49.1. The van der Waals surface area contributed by atoms with Crippen molar-refractivity contribution in [3.05, 3.63) is 223 Å². The number of amides is 2. The zero-order chi connectivity index (χ0) is 45.4. The zero-order valence-corrected chi connectivity index (χ0v) is 39.5. The summed E-state index contributed by atoms with van der Waals surface area (Å²) >= 11 is 17.3.